The van der Waals surface area contributed by atoms with Gasteiger partial charge in [-0.1, -0.05) is 0 Å². The molecular weight excluding hydrogens is 333 g/mol. The monoisotopic (exact) mass is 357 g/mol. The van der Waals surface area contributed by atoms with Crippen molar-refractivity contribution in [2.45, 2.75) is 25.9 Å². The molecule has 0 radical (unpaired) electrons. The molecule has 2 N–H and O–H groups in total. The van der Waals surface area contributed by atoms with E-state index in [0.29, 0.717) is 12.7 Å². The first-order valence-electron chi connectivity index (χ1n) is 5.99. The van der Waals surface area contributed by atoms with Crippen molar-refractivity contribution in [1.82, 2.24) is 10.6 Å². The number of ether oxygens (including phenoxy) is 2. The van der Waals surface area contributed by atoms with Crippen LogP contribution in [0.3, 0.4) is 0 Å². The van der Waals surface area contributed by atoms with E-state index in [4.69, 9.17) is 9.47 Å². The molecule has 1 aliphatic heterocycles. The average molecular weight is 357 g/mol. The highest BCUT2D eigenvalue weighted by molar-refractivity contribution is 14.0. The van der Waals surface area contributed by atoms with Crippen molar-refractivity contribution in [3.8, 4) is 0 Å². The third-order valence-corrected chi connectivity index (χ3v) is 2.42. The highest BCUT2D eigenvalue weighted by atomic mass is 127. The van der Waals surface area contributed by atoms with E-state index in [-0.39, 0.29) is 24.0 Å². The molecule has 6 heteroatoms. The van der Waals surface area contributed by atoms with Gasteiger partial charge in [-0.2, -0.15) is 0 Å². The van der Waals surface area contributed by atoms with Crippen LogP contribution in [0.4, 0.5) is 0 Å². The maximum Gasteiger partial charge on any atom is 0.191 e. The predicted molar refractivity (Wildman–Crippen MR) is 80.2 cm³/mol. The van der Waals surface area contributed by atoms with Crippen LogP contribution in [0.2, 0.25) is 0 Å². The fraction of sp³-hybridized carbons (Fsp3) is 0.909. The Morgan fingerprint density at radius 1 is 1.47 bits per heavy atom. The zero-order chi connectivity index (χ0) is 11.6. The van der Waals surface area contributed by atoms with Crippen molar-refractivity contribution in [3.63, 3.8) is 0 Å². The van der Waals surface area contributed by atoms with Gasteiger partial charge in [-0.05, 0) is 19.8 Å². The van der Waals surface area contributed by atoms with Gasteiger partial charge >= 0.3 is 0 Å². The molecule has 5 nitrogen and oxygen atoms in total. The molecule has 0 aliphatic carbocycles. The van der Waals surface area contributed by atoms with Crippen LogP contribution in [-0.2, 0) is 9.47 Å². The molecule has 1 unspecified atom stereocenters. The van der Waals surface area contributed by atoms with Gasteiger partial charge in [-0.25, -0.2) is 0 Å². The van der Waals surface area contributed by atoms with Gasteiger partial charge in [0, 0.05) is 26.8 Å². The van der Waals surface area contributed by atoms with Gasteiger partial charge in [0.1, 0.15) is 0 Å². The Kier molecular flexibility index (Phi) is 11.0. The van der Waals surface area contributed by atoms with Crippen LogP contribution in [-0.4, -0.2) is 52.0 Å². The van der Waals surface area contributed by atoms with E-state index in [9.17, 15) is 0 Å². The van der Waals surface area contributed by atoms with E-state index in [2.05, 4.69) is 22.5 Å². The summed E-state index contributed by atoms with van der Waals surface area (Å²) in [5, 5.41) is 6.40. The van der Waals surface area contributed by atoms with Crippen LogP contribution in [0.5, 0.6) is 0 Å². The molecule has 0 aromatic carbocycles. The maximum absolute atomic E-state index is 5.52. The molecule has 0 bridgehead atoms. The highest BCUT2D eigenvalue weighted by Gasteiger charge is 2.14. The second-order valence-corrected chi connectivity index (χ2v) is 3.77. The number of hydrogen-bond donors (Lipinski definition) is 2. The summed E-state index contributed by atoms with van der Waals surface area (Å²) >= 11 is 0. The summed E-state index contributed by atoms with van der Waals surface area (Å²) in [6, 6.07) is 0. The molecule has 0 amide bonds. The standard InChI is InChI=1S/C11H23N3O2.HI/c1-3-12-11(13-6-8-15-2)14-9-10-5-4-7-16-10;/h10H,3-9H2,1-2H3,(H2,12,13,14);1H. The Labute approximate surface area is 121 Å². The number of guanidine groups is 1. The summed E-state index contributed by atoms with van der Waals surface area (Å²) in [6.45, 7) is 6.00. The third kappa shape index (κ3) is 7.77. The predicted octanol–water partition coefficient (Wildman–Crippen LogP) is 0.985. The summed E-state index contributed by atoms with van der Waals surface area (Å²) in [4.78, 5) is 4.48. The lowest BCUT2D eigenvalue weighted by molar-refractivity contribution is 0.117. The van der Waals surface area contributed by atoms with Crippen molar-refractivity contribution in [2.24, 2.45) is 4.99 Å². The molecule has 17 heavy (non-hydrogen) atoms. The molecule has 102 valence electrons. The van der Waals surface area contributed by atoms with E-state index in [1.165, 1.54) is 0 Å². The summed E-state index contributed by atoms with van der Waals surface area (Å²) < 4.78 is 10.5. The molecule has 1 saturated heterocycles. The van der Waals surface area contributed by atoms with E-state index in [1.807, 2.05) is 0 Å². The minimum Gasteiger partial charge on any atom is -0.383 e. The molecule has 1 heterocycles. The Morgan fingerprint density at radius 3 is 2.88 bits per heavy atom. The minimum absolute atomic E-state index is 0. The van der Waals surface area contributed by atoms with Crippen molar-refractivity contribution in [1.29, 1.82) is 0 Å². The summed E-state index contributed by atoms with van der Waals surface area (Å²) in [7, 11) is 1.69. The quantitative estimate of drug-likeness (QED) is 0.322. The molecule has 1 rings (SSSR count). The smallest absolute Gasteiger partial charge is 0.191 e. The van der Waals surface area contributed by atoms with Crippen molar-refractivity contribution in [3.05, 3.63) is 0 Å². The topological polar surface area (TPSA) is 54.9 Å². The van der Waals surface area contributed by atoms with E-state index in [0.717, 1.165) is 45.0 Å². The zero-order valence-corrected chi connectivity index (χ0v) is 13.0. The molecule has 1 fully saturated rings. The molecule has 1 atom stereocenters. The SMILES string of the molecule is CCNC(=NCC1CCCO1)NCCOC.I. The Morgan fingerprint density at radius 2 is 2.29 bits per heavy atom. The van der Waals surface area contributed by atoms with Crippen LogP contribution >= 0.6 is 24.0 Å². The number of nitrogens with zero attached hydrogens (tertiary/aromatic N) is 1. The van der Waals surface area contributed by atoms with E-state index in [1.54, 1.807) is 7.11 Å². The summed E-state index contributed by atoms with van der Waals surface area (Å²) in [5.74, 6) is 0.843. The van der Waals surface area contributed by atoms with Crippen molar-refractivity contribution in [2.75, 3.05) is 40.0 Å². The first-order chi connectivity index (χ1) is 7.86. The van der Waals surface area contributed by atoms with E-state index < -0.39 is 0 Å². The second-order valence-electron chi connectivity index (χ2n) is 3.77. The van der Waals surface area contributed by atoms with Gasteiger partial charge in [-0.3, -0.25) is 4.99 Å². The van der Waals surface area contributed by atoms with Gasteiger partial charge < -0.3 is 20.1 Å². The molecule has 0 spiro atoms. The number of halogens is 1. The largest absolute Gasteiger partial charge is 0.383 e. The molecule has 1 aliphatic rings. The van der Waals surface area contributed by atoms with Gasteiger partial charge in [-0.15, -0.1) is 24.0 Å². The molecule has 0 aromatic heterocycles. The zero-order valence-electron chi connectivity index (χ0n) is 10.7. The first kappa shape index (κ1) is 16.9. The lowest BCUT2D eigenvalue weighted by Crippen LogP contribution is -2.39. The second kappa shape index (κ2) is 11.0. The van der Waals surface area contributed by atoms with Gasteiger partial charge in [0.05, 0.1) is 19.3 Å². The number of aliphatic imine (C=N–C) groups is 1. The third-order valence-electron chi connectivity index (χ3n) is 2.42. The van der Waals surface area contributed by atoms with Gasteiger partial charge in [0.25, 0.3) is 0 Å². The normalized spacial score (nSPS) is 19.9. The van der Waals surface area contributed by atoms with E-state index >= 15 is 0 Å². The Bertz CT molecular complexity index is 209. The Hall–Kier alpha value is -0.0800. The van der Waals surface area contributed by atoms with Crippen molar-refractivity contribution >= 4 is 29.9 Å². The number of rotatable bonds is 6. The van der Waals surface area contributed by atoms with Crippen molar-refractivity contribution < 1.29 is 9.47 Å². The van der Waals surface area contributed by atoms with Crippen LogP contribution in [0, 0.1) is 0 Å². The fourth-order valence-corrected chi connectivity index (χ4v) is 1.59. The molecule has 0 saturated carbocycles. The lowest BCUT2D eigenvalue weighted by atomic mass is 10.2. The van der Waals surface area contributed by atoms with Gasteiger partial charge in [0.2, 0.25) is 0 Å². The summed E-state index contributed by atoms with van der Waals surface area (Å²) in [6.07, 6.45) is 2.59. The molecular formula is C11H24IN3O2. The highest BCUT2D eigenvalue weighted by Crippen LogP contribution is 2.11. The van der Waals surface area contributed by atoms with Crippen LogP contribution in [0.15, 0.2) is 4.99 Å². The lowest BCUT2D eigenvalue weighted by Gasteiger charge is -2.12. The van der Waals surface area contributed by atoms with Crippen LogP contribution in [0.1, 0.15) is 19.8 Å². The minimum atomic E-state index is 0. The average Bonchev–Trinajstić information content (AvgIpc) is 2.79. The van der Waals surface area contributed by atoms with Gasteiger partial charge in [0.15, 0.2) is 5.96 Å². The Balaban J connectivity index is 0.00000256. The number of hydrogen-bond acceptors (Lipinski definition) is 3. The fourth-order valence-electron chi connectivity index (χ4n) is 1.59. The maximum atomic E-state index is 5.52. The van der Waals surface area contributed by atoms with Crippen LogP contribution < -0.4 is 10.6 Å². The first-order valence-corrected chi connectivity index (χ1v) is 5.99. The van der Waals surface area contributed by atoms with Crippen LogP contribution in [0.25, 0.3) is 0 Å². The number of nitrogens with one attached hydrogen (secondary N) is 2. The summed E-state index contributed by atoms with van der Waals surface area (Å²) in [5.41, 5.74) is 0. The number of methoxy groups -OCH3 is 1. The molecule has 0 aromatic rings.